The highest BCUT2D eigenvalue weighted by Gasteiger charge is 2.36. The number of hydrogen-bond donors (Lipinski definition) is 2. The first-order valence-corrected chi connectivity index (χ1v) is 10.7. The van der Waals surface area contributed by atoms with E-state index in [0.29, 0.717) is 16.5 Å². The van der Waals surface area contributed by atoms with Crippen molar-refractivity contribution in [3.63, 3.8) is 0 Å². The fourth-order valence-corrected chi connectivity index (χ4v) is 4.70. The molecule has 0 fully saturated rings. The first kappa shape index (κ1) is 19.2. The topological polar surface area (TPSA) is 41.1 Å². The maximum atomic E-state index is 13.5. The van der Waals surface area contributed by atoms with Gasteiger partial charge in [-0.15, -0.1) is 0 Å². The van der Waals surface area contributed by atoms with E-state index in [2.05, 4.69) is 22.8 Å². The standard InChI is InChI=1S/C25H20Cl2N2O/c26-18-11-10-16(12-19(18)27)25-24-22(28-20-8-4-5-9-21(20)29-25)13-17(14-23(24)30)15-6-2-1-3-7-15/h1-12,17,25,28-29H,13-14H2. The summed E-state index contributed by atoms with van der Waals surface area (Å²) in [5, 5.41) is 8.10. The molecular weight excluding hydrogens is 415 g/mol. The first-order chi connectivity index (χ1) is 14.6. The Morgan fingerprint density at radius 3 is 2.27 bits per heavy atom. The van der Waals surface area contributed by atoms with Gasteiger partial charge >= 0.3 is 0 Å². The summed E-state index contributed by atoms with van der Waals surface area (Å²) in [5.74, 6) is 0.304. The largest absolute Gasteiger partial charge is 0.372 e. The zero-order chi connectivity index (χ0) is 20.7. The molecule has 3 aromatic carbocycles. The highest BCUT2D eigenvalue weighted by Crippen LogP contribution is 2.44. The van der Waals surface area contributed by atoms with Gasteiger partial charge in [0.25, 0.3) is 0 Å². The summed E-state index contributed by atoms with van der Waals surface area (Å²) in [6.07, 6.45) is 1.26. The molecule has 2 aliphatic rings. The molecule has 1 aliphatic carbocycles. The Morgan fingerprint density at radius 2 is 1.50 bits per heavy atom. The molecule has 2 atom stereocenters. The zero-order valence-electron chi connectivity index (χ0n) is 16.2. The minimum Gasteiger partial charge on any atom is -0.372 e. The number of carbonyl (C=O) groups is 1. The predicted octanol–water partition coefficient (Wildman–Crippen LogP) is 6.97. The summed E-state index contributed by atoms with van der Waals surface area (Å²) in [7, 11) is 0. The maximum Gasteiger partial charge on any atom is 0.163 e. The Hall–Kier alpha value is -2.75. The van der Waals surface area contributed by atoms with Crippen LogP contribution in [0, 0.1) is 0 Å². The van der Waals surface area contributed by atoms with Gasteiger partial charge in [0.15, 0.2) is 5.78 Å². The average molecular weight is 435 g/mol. The molecule has 0 spiro atoms. The van der Waals surface area contributed by atoms with Crippen LogP contribution in [0.25, 0.3) is 0 Å². The predicted molar refractivity (Wildman–Crippen MR) is 123 cm³/mol. The third kappa shape index (κ3) is 3.49. The lowest BCUT2D eigenvalue weighted by Crippen LogP contribution is -2.26. The quantitative estimate of drug-likeness (QED) is 0.457. The van der Waals surface area contributed by atoms with E-state index in [0.717, 1.165) is 34.6 Å². The van der Waals surface area contributed by atoms with Crippen molar-refractivity contribution >= 4 is 40.4 Å². The van der Waals surface area contributed by atoms with Crippen LogP contribution >= 0.6 is 23.2 Å². The number of nitrogens with one attached hydrogen (secondary N) is 2. The molecule has 2 unspecified atom stereocenters. The van der Waals surface area contributed by atoms with E-state index in [-0.39, 0.29) is 17.7 Å². The minimum atomic E-state index is -0.296. The third-order valence-corrected chi connectivity index (χ3v) is 6.60. The SMILES string of the molecule is O=C1CC(c2ccccc2)CC2=C1C(c1ccc(Cl)c(Cl)c1)Nc1ccccc1N2. The molecule has 0 saturated carbocycles. The second kappa shape index (κ2) is 7.82. The Labute approximate surface area is 185 Å². The number of para-hydroxylation sites is 2. The fourth-order valence-electron chi connectivity index (χ4n) is 4.40. The Kier molecular flexibility index (Phi) is 5.01. The van der Waals surface area contributed by atoms with Crippen LogP contribution in [0.15, 0.2) is 84.1 Å². The van der Waals surface area contributed by atoms with Gasteiger partial charge in [0.05, 0.1) is 27.5 Å². The third-order valence-electron chi connectivity index (χ3n) is 5.86. The van der Waals surface area contributed by atoms with Gasteiger partial charge in [0.1, 0.15) is 0 Å². The van der Waals surface area contributed by atoms with E-state index in [9.17, 15) is 4.79 Å². The first-order valence-electron chi connectivity index (χ1n) is 9.99. The van der Waals surface area contributed by atoms with Crippen LogP contribution < -0.4 is 10.6 Å². The summed E-state index contributed by atoms with van der Waals surface area (Å²) in [5.41, 5.74) is 5.77. The van der Waals surface area contributed by atoms with E-state index in [4.69, 9.17) is 23.2 Å². The number of Topliss-reactive ketones (excluding diaryl/α,β-unsaturated/α-hetero) is 1. The van der Waals surface area contributed by atoms with Crippen molar-refractivity contribution in [2.24, 2.45) is 0 Å². The number of allylic oxidation sites excluding steroid dienone is 1. The van der Waals surface area contributed by atoms with Crippen LogP contribution in [0.4, 0.5) is 11.4 Å². The van der Waals surface area contributed by atoms with Gasteiger partial charge in [-0.1, -0.05) is 71.7 Å². The molecule has 0 radical (unpaired) electrons. The second-order valence-corrected chi connectivity index (χ2v) is 8.57. The number of halogens is 2. The molecule has 0 aromatic heterocycles. The molecule has 2 N–H and O–H groups in total. The number of benzene rings is 3. The van der Waals surface area contributed by atoms with E-state index in [1.54, 1.807) is 6.07 Å². The number of carbonyl (C=O) groups excluding carboxylic acids is 1. The molecule has 150 valence electrons. The molecule has 3 nitrogen and oxygen atoms in total. The summed E-state index contributed by atoms with van der Waals surface area (Å²) in [6.45, 7) is 0. The van der Waals surface area contributed by atoms with Crippen molar-refractivity contribution in [3.05, 3.63) is 105 Å². The molecule has 0 amide bonds. The number of hydrogen-bond acceptors (Lipinski definition) is 3. The number of anilines is 2. The fraction of sp³-hybridized carbons (Fsp3) is 0.160. The summed E-state index contributed by atoms with van der Waals surface area (Å²) < 4.78 is 0. The summed E-state index contributed by atoms with van der Waals surface area (Å²) in [4.78, 5) is 13.5. The molecular formula is C25H20Cl2N2O. The molecule has 5 rings (SSSR count). The summed E-state index contributed by atoms with van der Waals surface area (Å²) >= 11 is 12.5. The molecule has 5 heteroatoms. The van der Waals surface area contributed by atoms with Crippen molar-refractivity contribution in [3.8, 4) is 0 Å². The minimum absolute atomic E-state index is 0.147. The van der Waals surface area contributed by atoms with Crippen molar-refractivity contribution < 1.29 is 4.79 Å². The molecule has 1 heterocycles. The Bertz CT molecular complexity index is 1160. The monoisotopic (exact) mass is 434 g/mol. The highest BCUT2D eigenvalue weighted by atomic mass is 35.5. The summed E-state index contributed by atoms with van der Waals surface area (Å²) in [6, 6.07) is 23.5. The van der Waals surface area contributed by atoms with Crippen molar-refractivity contribution in [1.29, 1.82) is 0 Å². The van der Waals surface area contributed by atoms with Crippen LogP contribution in [0.1, 0.15) is 35.9 Å². The van der Waals surface area contributed by atoms with Gasteiger partial charge in [-0.2, -0.15) is 0 Å². The van der Waals surface area contributed by atoms with Gasteiger partial charge in [0.2, 0.25) is 0 Å². The number of ketones is 1. The van der Waals surface area contributed by atoms with Crippen LogP contribution in [0.2, 0.25) is 10.0 Å². The molecule has 30 heavy (non-hydrogen) atoms. The number of rotatable bonds is 2. The zero-order valence-corrected chi connectivity index (χ0v) is 17.7. The van der Waals surface area contributed by atoms with Gasteiger partial charge < -0.3 is 10.6 Å². The smallest absolute Gasteiger partial charge is 0.163 e. The van der Waals surface area contributed by atoms with Gasteiger partial charge in [0, 0.05) is 17.7 Å². The van der Waals surface area contributed by atoms with Crippen LogP contribution in [-0.2, 0) is 4.79 Å². The van der Waals surface area contributed by atoms with Crippen molar-refractivity contribution in [1.82, 2.24) is 0 Å². The van der Waals surface area contributed by atoms with Crippen LogP contribution in [0.3, 0.4) is 0 Å². The molecule has 0 saturated heterocycles. The highest BCUT2D eigenvalue weighted by molar-refractivity contribution is 6.42. The lowest BCUT2D eigenvalue weighted by molar-refractivity contribution is -0.116. The van der Waals surface area contributed by atoms with E-state index in [1.165, 1.54) is 5.56 Å². The Morgan fingerprint density at radius 1 is 0.767 bits per heavy atom. The maximum absolute atomic E-state index is 13.5. The molecule has 0 bridgehead atoms. The lowest BCUT2D eigenvalue weighted by Gasteiger charge is -2.30. The van der Waals surface area contributed by atoms with E-state index >= 15 is 0 Å². The van der Waals surface area contributed by atoms with E-state index in [1.807, 2.05) is 54.6 Å². The van der Waals surface area contributed by atoms with Crippen LogP contribution in [-0.4, -0.2) is 5.78 Å². The number of fused-ring (bicyclic) bond motifs is 1. The van der Waals surface area contributed by atoms with Gasteiger partial charge in [-0.25, -0.2) is 0 Å². The van der Waals surface area contributed by atoms with Gasteiger partial charge in [-0.3, -0.25) is 4.79 Å². The van der Waals surface area contributed by atoms with Crippen LogP contribution in [0.5, 0.6) is 0 Å². The van der Waals surface area contributed by atoms with Gasteiger partial charge in [-0.05, 0) is 47.7 Å². The molecule has 1 aliphatic heterocycles. The van der Waals surface area contributed by atoms with Crippen molar-refractivity contribution in [2.75, 3.05) is 10.6 Å². The lowest BCUT2D eigenvalue weighted by atomic mass is 9.78. The Balaban J connectivity index is 1.63. The van der Waals surface area contributed by atoms with E-state index < -0.39 is 0 Å². The average Bonchev–Trinajstić information content (AvgIpc) is 2.93. The second-order valence-electron chi connectivity index (χ2n) is 7.75. The normalized spacial score (nSPS) is 20.5. The van der Waals surface area contributed by atoms with Crippen molar-refractivity contribution in [2.45, 2.75) is 24.8 Å². The molecule has 3 aromatic rings.